The predicted molar refractivity (Wildman–Crippen MR) is 290 cm³/mol. The lowest BCUT2D eigenvalue weighted by atomic mass is 9.92. The number of hydrogen-bond acceptors (Lipinski definition) is 2. The van der Waals surface area contributed by atoms with Crippen molar-refractivity contribution in [1.29, 1.82) is 0 Å². The van der Waals surface area contributed by atoms with E-state index in [2.05, 4.69) is 270 Å². The van der Waals surface area contributed by atoms with E-state index in [1.165, 1.54) is 38.5 Å². The molecule has 0 amide bonds. The zero-order valence-electron chi connectivity index (χ0n) is 37.7. The van der Waals surface area contributed by atoms with Crippen molar-refractivity contribution in [2.24, 2.45) is 0 Å². The maximum absolute atomic E-state index is 6.69. The molecule has 0 spiro atoms. The van der Waals surface area contributed by atoms with Crippen LogP contribution in [0.25, 0.3) is 105 Å². The van der Waals surface area contributed by atoms with Gasteiger partial charge in [0, 0.05) is 49.5 Å². The van der Waals surface area contributed by atoms with E-state index in [0.717, 1.165) is 83.6 Å². The van der Waals surface area contributed by atoms with Crippen LogP contribution in [0.2, 0.25) is 0 Å². The largest absolute Gasteiger partial charge is 0.455 e. The van der Waals surface area contributed by atoms with Crippen molar-refractivity contribution in [3.63, 3.8) is 0 Å². The van der Waals surface area contributed by atoms with E-state index in [1.807, 2.05) is 6.07 Å². The van der Waals surface area contributed by atoms with Gasteiger partial charge in [-0.05, 0) is 88.0 Å². The fraction of sp³-hybridized carbons (Fsp3) is 0. The summed E-state index contributed by atoms with van der Waals surface area (Å²) >= 11 is 0. The number of furan rings is 1. The van der Waals surface area contributed by atoms with Crippen LogP contribution in [0.15, 0.2) is 271 Å². The van der Waals surface area contributed by atoms with Crippen molar-refractivity contribution in [3.05, 3.63) is 267 Å². The molecule has 0 saturated heterocycles. The van der Waals surface area contributed by atoms with Crippen LogP contribution in [-0.2, 0) is 0 Å². The summed E-state index contributed by atoms with van der Waals surface area (Å²) in [7, 11) is 0. The van der Waals surface area contributed by atoms with Gasteiger partial charge in [-0.15, -0.1) is 0 Å². The highest BCUT2D eigenvalue weighted by Crippen LogP contribution is 2.48. The Bertz CT molecular complexity index is 3970. The number of para-hydroxylation sites is 7. The Hall–Kier alpha value is -9.18. The molecule has 0 aliphatic carbocycles. The fourth-order valence-electron chi connectivity index (χ4n) is 10.5. The third-order valence-corrected chi connectivity index (χ3v) is 13.6. The van der Waals surface area contributed by atoms with Crippen molar-refractivity contribution in [1.82, 2.24) is 4.57 Å². The van der Waals surface area contributed by atoms with Crippen molar-refractivity contribution in [2.75, 3.05) is 4.90 Å². The van der Waals surface area contributed by atoms with Gasteiger partial charge in [-0.2, -0.15) is 0 Å². The molecule has 11 aromatic carbocycles. The normalized spacial score (nSPS) is 11.5. The molecule has 324 valence electrons. The zero-order valence-corrected chi connectivity index (χ0v) is 37.7. The summed E-state index contributed by atoms with van der Waals surface area (Å²) in [5.74, 6) is 0. The van der Waals surface area contributed by atoms with Crippen molar-refractivity contribution in [2.45, 2.75) is 0 Å². The summed E-state index contributed by atoms with van der Waals surface area (Å²) < 4.78 is 9.11. The van der Waals surface area contributed by atoms with Gasteiger partial charge in [0.25, 0.3) is 0 Å². The topological polar surface area (TPSA) is 21.3 Å². The lowest BCUT2D eigenvalue weighted by Crippen LogP contribution is -2.12. The van der Waals surface area contributed by atoms with E-state index in [1.54, 1.807) is 0 Å². The van der Waals surface area contributed by atoms with Gasteiger partial charge in [-0.25, -0.2) is 0 Å². The molecule has 0 aliphatic rings. The number of anilines is 3. The molecule has 0 aliphatic heterocycles. The van der Waals surface area contributed by atoms with E-state index in [0.29, 0.717) is 0 Å². The van der Waals surface area contributed by atoms with E-state index < -0.39 is 0 Å². The Morgan fingerprint density at radius 1 is 0.290 bits per heavy atom. The van der Waals surface area contributed by atoms with Crippen LogP contribution >= 0.6 is 0 Å². The molecule has 13 rings (SSSR count). The predicted octanol–water partition coefficient (Wildman–Crippen LogP) is 18.5. The summed E-state index contributed by atoms with van der Waals surface area (Å²) in [6.07, 6.45) is 0. The first-order valence-corrected chi connectivity index (χ1v) is 23.6. The Balaban J connectivity index is 0.960. The van der Waals surface area contributed by atoms with Crippen LogP contribution in [0.5, 0.6) is 0 Å². The third-order valence-electron chi connectivity index (χ3n) is 13.6. The lowest BCUT2D eigenvalue weighted by molar-refractivity contribution is 0.670. The fourth-order valence-corrected chi connectivity index (χ4v) is 10.5. The Morgan fingerprint density at radius 3 is 1.51 bits per heavy atom. The second-order valence-electron chi connectivity index (χ2n) is 17.6. The van der Waals surface area contributed by atoms with E-state index in [-0.39, 0.29) is 0 Å². The van der Waals surface area contributed by atoms with Gasteiger partial charge >= 0.3 is 0 Å². The Morgan fingerprint density at radius 2 is 0.783 bits per heavy atom. The molecule has 13 aromatic rings. The van der Waals surface area contributed by atoms with Crippen LogP contribution in [0, 0.1) is 0 Å². The minimum atomic E-state index is 0.878. The molecule has 0 saturated carbocycles. The second-order valence-corrected chi connectivity index (χ2v) is 17.6. The molecule has 0 atom stereocenters. The number of aromatic nitrogens is 1. The standard InChI is InChI=1S/C66H44N2O/c1-2-20-46(21-3-1)50-24-4-5-26-52(50)53-27-7-13-35-61(53)67(62-36-14-10-30-56(62)58-32-19-33-59-57-31-11-17-39-65(57)69-66(58)59)49-42-40-45(41-43-49)47-22-18-23-48(44-47)51-25-6-12-34-60(51)68-63-37-15-8-28-54(63)55-29-9-16-38-64(55)68/h1-44H. The molecule has 3 heteroatoms. The first-order chi connectivity index (χ1) is 34.3. The molecule has 2 aromatic heterocycles. The van der Waals surface area contributed by atoms with Gasteiger partial charge in [0.05, 0.1) is 28.1 Å². The Kier molecular flexibility index (Phi) is 9.84. The zero-order chi connectivity index (χ0) is 45.7. The van der Waals surface area contributed by atoms with Crippen LogP contribution in [-0.4, -0.2) is 4.57 Å². The SMILES string of the molecule is c1ccc(-c2ccccc2-c2ccccc2N(c2ccc(-c3cccc(-c4ccccc4-n4c5ccccc5c5ccccc54)c3)cc2)c2ccccc2-c2cccc3c2oc2ccccc23)cc1. The smallest absolute Gasteiger partial charge is 0.143 e. The molecule has 0 radical (unpaired) electrons. The number of rotatable bonds is 9. The summed E-state index contributed by atoms with van der Waals surface area (Å²) in [6, 6.07) is 96.0. The van der Waals surface area contributed by atoms with Crippen molar-refractivity contribution >= 4 is 60.8 Å². The van der Waals surface area contributed by atoms with Crippen LogP contribution in [0.3, 0.4) is 0 Å². The molecule has 0 fully saturated rings. The van der Waals surface area contributed by atoms with Gasteiger partial charge in [0.2, 0.25) is 0 Å². The van der Waals surface area contributed by atoms with Crippen LogP contribution in [0.4, 0.5) is 17.1 Å². The van der Waals surface area contributed by atoms with Crippen LogP contribution in [0.1, 0.15) is 0 Å². The van der Waals surface area contributed by atoms with Crippen molar-refractivity contribution < 1.29 is 4.42 Å². The van der Waals surface area contributed by atoms with Gasteiger partial charge < -0.3 is 13.9 Å². The first kappa shape index (κ1) is 40.1. The van der Waals surface area contributed by atoms with Gasteiger partial charge in [-0.1, -0.05) is 212 Å². The highest BCUT2D eigenvalue weighted by atomic mass is 16.3. The average Bonchev–Trinajstić information content (AvgIpc) is 3.98. The van der Waals surface area contributed by atoms with E-state index in [4.69, 9.17) is 4.42 Å². The molecule has 0 N–H and O–H groups in total. The highest BCUT2D eigenvalue weighted by molar-refractivity contribution is 6.12. The number of benzene rings is 11. The van der Waals surface area contributed by atoms with E-state index >= 15 is 0 Å². The van der Waals surface area contributed by atoms with Gasteiger partial charge in [0.1, 0.15) is 11.2 Å². The first-order valence-electron chi connectivity index (χ1n) is 23.6. The van der Waals surface area contributed by atoms with E-state index in [9.17, 15) is 0 Å². The monoisotopic (exact) mass is 880 g/mol. The molecular weight excluding hydrogens is 837 g/mol. The molecule has 69 heavy (non-hydrogen) atoms. The summed E-state index contributed by atoms with van der Waals surface area (Å²) in [4.78, 5) is 2.43. The lowest BCUT2D eigenvalue weighted by Gasteiger charge is -2.30. The maximum atomic E-state index is 6.69. The molecule has 0 bridgehead atoms. The number of nitrogens with zero attached hydrogens (tertiary/aromatic N) is 2. The van der Waals surface area contributed by atoms with Crippen molar-refractivity contribution in [3.8, 4) is 61.3 Å². The number of fused-ring (bicyclic) bond motifs is 6. The average molecular weight is 881 g/mol. The van der Waals surface area contributed by atoms with Gasteiger partial charge in [-0.3, -0.25) is 0 Å². The molecule has 0 unspecified atom stereocenters. The maximum Gasteiger partial charge on any atom is 0.143 e. The number of hydrogen-bond donors (Lipinski definition) is 0. The molecular formula is C66H44N2O. The second kappa shape index (κ2) is 16.9. The Labute approximate surface area is 401 Å². The quantitative estimate of drug-likeness (QED) is 0.144. The minimum absolute atomic E-state index is 0.878. The van der Waals surface area contributed by atoms with Gasteiger partial charge in [0.15, 0.2) is 0 Å². The van der Waals surface area contributed by atoms with Crippen LogP contribution < -0.4 is 4.90 Å². The third kappa shape index (κ3) is 6.91. The molecule has 2 heterocycles. The molecule has 3 nitrogen and oxygen atoms in total. The summed E-state index contributed by atoms with van der Waals surface area (Å²) in [6.45, 7) is 0. The summed E-state index contributed by atoms with van der Waals surface area (Å²) in [5.41, 5.74) is 19.9. The summed E-state index contributed by atoms with van der Waals surface area (Å²) in [5, 5.41) is 4.72. The minimum Gasteiger partial charge on any atom is -0.455 e. The highest BCUT2D eigenvalue weighted by Gasteiger charge is 2.24.